The number of hydrogen-bond acceptors (Lipinski definition) is 4. The van der Waals surface area contributed by atoms with Crippen LogP contribution in [0.3, 0.4) is 0 Å². The molecule has 108 valence electrons. The molecule has 0 aliphatic carbocycles. The Kier molecular flexibility index (Phi) is 3.97. The number of nitrogens with zero attached hydrogens (tertiary/aromatic N) is 1. The number of aldehydes is 1. The molecule has 1 saturated heterocycles. The molecule has 1 aromatic rings. The van der Waals surface area contributed by atoms with Gasteiger partial charge in [0.05, 0.1) is 13.1 Å². The quantitative estimate of drug-likeness (QED) is 0.796. The van der Waals surface area contributed by atoms with Gasteiger partial charge < -0.3 is 14.4 Å². The Morgan fingerprint density at radius 1 is 1.25 bits per heavy atom. The summed E-state index contributed by atoms with van der Waals surface area (Å²) in [4.78, 5) is 23.9. The van der Waals surface area contributed by atoms with E-state index in [9.17, 15) is 9.59 Å². The number of likely N-dealkylation sites (tertiary alicyclic amines) is 1. The van der Waals surface area contributed by atoms with Crippen LogP contribution >= 0.6 is 0 Å². The van der Waals surface area contributed by atoms with E-state index in [-0.39, 0.29) is 12.2 Å². The second-order valence-electron chi connectivity index (χ2n) is 5.81. The molecule has 1 amide bonds. The summed E-state index contributed by atoms with van der Waals surface area (Å²) in [5.41, 5.74) is 0.134. The zero-order valence-corrected chi connectivity index (χ0v) is 12.0. The molecule has 1 aliphatic heterocycles. The molecule has 0 aromatic heterocycles. The average Bonchev–Trinajstić information content (AvgIpc) is 2.31. The van der Waals surface area contributed by atoms with Crippen LogP contribution in [0, 0.1) is 0 Å². The monoisotopic (exact) mass is 277 g/mol. The Balaban J connectivity index is 1.78. The van der Waals surface area contributed by atoms with Crippen LogP contribution in [0.1, 0.15) is 31.1 Å². The van der Waals surface area contributed by atoms with Crippen molar-refractivity contribution in [2.75, 3.05) is 13.1 Å². The van der Waals surface area contributed by atoms with Crippen molar-refractivity contribution in [3.8, 4) is 5.75 Å². The molecule has 2 rings (SSSR count). The van der Waals surface area contributed by atoms with E-state index in [0.717, 1.165) is 6.29 Å². The third kappa shape index (κ3) is 3.73. The van der Waals surface area contributed by atoms with Gasteiger partial charge in [0.25, 0.3) is 0 Å². The Morgan fingerprint density at radius 2 is 1.85 bits per heavy atom. The molecule has 1 heterocycles. The van der Waals surface area contributed by atoms with Crippen LogP contribution in [0.15, 0.2) is 24.3 Å². The fourth-order valence-electron chi connectivity index (χ4n) is 1.81. The first-order chi connectivity index (χ1) is 9.37. The normalized spacial score (nSPS) is 15.4. The first-order valence-electron chi connectivity index (χ1n) is 6.57. The van der Waals surface area contributed by atoms with Gasteiger partial charge in [-0.3, -0.25) is 4.79 Å². The van der Waals surface area contributed by atoms with E-state index in [4.69, 9.17) is 9.47 Å². The summed E-state index contributed by atoms with van der Waals surface area (Å²) >= 11 is 0. The van der Waals surface area contributed by atoms with Crippen LogP contribution in [-0.2, 0) is 4.74 Å². The number of carbonyl (C=O) groups is 2. The van der Waals surface area contributed by atoms with E-state index in [2.05, 4.69) is 0 Å². The minimum atomic E-state index is -0.478. The maximum Gasteiger partial charge on any atom is 0.410 e. The van der Waals surface area contributed by atoms with Gasteiger partial charge in [0, 0.05) is 5.56 Å². The molecular formula is C15H19NO4. The van der Waals surface area contributed by atoms with Crippen LogP contribution < -0.4 is 4.74 Å². The molecular weight excluding hydrogens is 258 g/mol. The highest BCUT2D eigenvalue weighted by Gasteiger charge is 2.35. The molecule has 5 nitrogen and oxygen atoms in total. The summed E-state index contributed by atoms with van der Waals surface area (Å²) in [6.07, 6.45) is 0.454. The van der Waals surface area contributed by atoms with E-state index >= 15 is 0 Å². The van der Waals surface area contributed by atoms with Crippen LogP contribution in [0.25, 0.3) is 0 Å². The van der Waals surface area contributed by atoms with Crippen LogP contribution in [0.5, 0.6) is 5.75 Å². The van der Waals surface area contributed by atoms with Crippen molar-refractivity contribution >= 4 is 12.4 Å². The van der Waals surface area contributed by atoms with Crippen molar-refractivity contribution in [2.45, 2.75) is 32.5 Å². The van der Waals surface area contributed by atoms with E-state index in [1.807, 2.05) is 20.8 Å². The lowest BCUT2D eigenvalue weighted by molar-refractivity contribution is -0.0221. The summed E-state index contributed by atoms with van der Waals surface area (Å²) in [6, 6.07) is 6.90. The highest BCUT2D eigenvalue weighted by molar-refractivity contribution is 5.74. The molecule has 1 fully saturated rings. The fourth-order valence-corrected chi connectivity index (χ4v) is 1.81. The van der Waals surface area contributed by atoms with Gasteiger partial charge in [0.15, 0.2) is 0 Å². The summed E-state index contributed by atoms with van der Waals surface area (Å²) in [5, 5.41) is 0. The van der Waals surface area contributed by atoms with Gasteiger partial charge >= 0.3 is 6.09 Å². The van der Waals surface area contributed by atoms with Gasteiger partial charge in [-0.05, 0) is 45.0 Å². The van der Waals surface area contributed by atoms with Crippen LogP contribution in [0.2, 0.25) is 0 Å². The van der Waals surface area contributed by atoms with Crippen molar-refractivity contribution < 1.29 is 19.1 Å². The summed E-state index contributed by atoms with van der Waals surface area (Å²) in [6.45, 7) is 6.56. The van der Waals surface area contributed by atoms with Gasteiger partial charge in [-0.15, -0.1) is 0 Å². The maximum atomic E-state index is 11.7. The summed E-state index contributed by atoms with van der Waals surface area (Å²) in [5.74, 6) is 0.699. The van der Waals surface area contributed by atoms with Crippen molar-refractivity contribution in [3.05, 3.63) is 29.8 Å². The standard InChI is InChI=1S/C15H19NO4/c1-15(2,3)20-14(18)16-8-13(9-16)19-12-6-4-11(10-17)5-7-12/h4-7,10,13H,8-9H2,1-3H3. The molecule has 1 aliphatic rings. The molecule has 5 heteroatoms. The maximum absolute atomic E-state index is 11.7. The number of benzene rings is 1. The predicted octanol–water partition coefficient (Wildman–Crippen LogP) is 2.50. The predicted molar refractivity (Wildman–Crippen MR) is 74.1 cm³/mol. The Labute approximate surface area is 118 Å². The second kappa shape index (κ2) is 5.53. The van der Waals surface area contributed by atoms with Crippen molar-refractivity contribution in [1.29, 1.82) is 0 Å². The highest BCUT2D eigenvalue weighted by Crippen LogP contribution is 2.20. The van der Waals surface area contributed by atoms with Crippen molar-refractivity contribution in [1.82, 2.24) is 4.90 Å². The van der Waals surface area contributed by atoms with Crippen LogP contribution in [0.4, 0.5) is 4.79 Å². The van der Waals surface area contributed by atoms with Gasteiger partial charge in [0.2, 0.25) is 0 Å². The first-order valence-corrected chi connectivity index (χ1v) is 6.57. The SMILES string of the molecule is CC(C)(C)OC(=O)N1CC(Oc2ccc(C=O)cc2)C1. The Bertz CT molecular complexity index is 484. The molecule has 0 saturated carbocycles. The molecule has 0 radical (unpaired) electrons. The van der Waals surface area contributed by atoms with Crippen LogP contribution in [-0.4, -0.2) is 42.1 Å². The minimum Gasteiger partial charge on any atom is -0.487 e. The Hall–Kier alpha value is -2.04. The fraction of sp³-hybridized carbons (Fsp3) is 0.467. The number of amides is 1. The topological polar surface area (TPSA) is 55.8 Å². The average molecular weight is 277 g/mol. The van der Waals surface area contributed by atoms with Crippen molar-refractivity contribution in [2.24, 2.45) is 0 Å². The molecule has 0 N–H and O–H groups in total. The molecule has 0 atom stereocenters. The zero-order chi connectivity index (χ0) is 14.8. The number of carbonyl (C=O) groups excluding carboxylic acids is 2. The third-order valence-electron chi connectivity index (χ3n) is 2.82. The zero-order valence-electron chi connectivity index (χ0n) is 12.0. The lowest BCUT2D eigenvalue weighted by Crippen LogP contribution is -2.57. The summed E-state index contributed by atoms with van der Waals surface area (Å²) < 4.78 is 11.0. The largest absolute Gasteiger partial charge is 0.487 e. The minimum absolute atomic E-state index is 0.0235. The first kappa shape index (κ1) is 14.4. The van der Waals surface area contributed by atoms with E-state index in [0.29, 0.717) is 24.4 Å². The smallest absolute Gasteiger partial charge is 0.410 e. The third-order valence-corrected chi connectivity index (χ3v) is 2.82. The Morgan fingerprint density at radius 3 is 2.35 bits per heavy atom. The molecule has 0 unspecified atom stereocenters. The number of ether oxygens (including phenoxy) is 2. The molecule has 20 heavy (non-hydrogen) atoms. The van der Waals surface area contributed by atoms with Gasteiger partial charge in [-0.25, -0.2) is 4.79 Å². The van der Waals surface area contributed by atoms with Crippen molar-refractivity contribution in [3.63, 3.8) is 0 Å². The van der Waals surface area contributed by atoms with E-state index in [1.165, 1.54) is 0 Å². The summed E-state index contributed by atoms with van der Waals surface area (Å²) in [7, 11) is 0. The van der Waals surface area contributed by atoms with E-state index < -0.39 is 5.60 Å². The number of hydrogen-bond donors (Lipinski definition) is 0. The lowest BCUT2D eigenvalue weighted by atomic mass is 10.1. The number of rotatable bonds is 3. The van der Waals surface area contributed by atoms with Gasteiger partial charge in [0.1, 0.15) is 23.7 Å². The van der Waals surface area contributed by atoms with Gasteiger partial charge in [-0.2, -0.15) is 0 Å². The highest BCUT2D eigenvalue weighted by atomic mass is 16.6. The lowest BCUT2D eigenvalue weighted by Gasteiger charge is -2.39. The van der Waals surface area contributed by atoms with E-state index in [1.54, 1.807) is 29.2 Å². The van der Waals surface area contributed by atoms with Gasteiger partial charge in [-0.1, -0.05) is 0 Å². The molecule has 0 spiro atoms. The molecule has 0 bridgehead atoms. The molecule has 1 aromatic carbocycles. The second-order valence-corrected chi connectivity index (χ2v) is 5.81.